The first-order chi connectivity index (χ1) is 6.92. The van der Waals surface area contributed by atoms with Gasteiger partial charge in [-0.1, -0.05) is 6.07 Å². The second-order valence-electron chi connectivity index (χ2n) is 3.79. The molecule has 2 rings (SSSR count). The molecule has 0 aliphatic carbocycles. The van der Waals surface area contributed by atoms with Gasteiger partial charge in [0.2, 0.25) is 0 Å². The summed E-state index contributed by atoms with van der Waals surface area (Å²) in [6.45, 7) is 1.84. The molecule has 0 saturated carbocycles. The molecule has 3 nitrogen and oxygen atoms in total. The van der Waals surface area contributed by atoms with Crippen LogP contribution in [0.5, 0.6) is 0 Å². The van der Waals surface area contributed by atoms with Crippen molar-refractivity contribution in [3.8, 4) is 0 Å². The van der Waals surface area contributed by atoms with Crippen LogP contribution in [0.1, 0.15) is 24.5 Å². The monoisotopic (exact) mass is 191 g/mol. The third kappa shape index (κ3) is 1.94. The first kappa shape index (κ1) is 9.62. The number of nitrogens with one attached hydrogen (secondary N) is 1. The normalized spacial score (nSPS) is 26.6. The minimum absolute atomic E-state index is 0.523. The first-order valence-electron chi connectivity index (χ1n) is 5.26. The van der Waals surface area contributed by atoms with E-state index in [-0.39, 0.29) is 0 Å². The van der Waals surface area contributed by atoms with E-state index in [0.717, 1.165) is 19.5 Å². The number of nitrogens with zero attached hydrogens (tertiary/aromatic N) is 1. The number of nitrogens with two attached hydrogens (primary N) is 1. The highest BCUT2D eigenvalue weighted by molar-refractivity contribution is 5.14. The third-order valence-electron chi connectivity index (χ3n) is 2.89. The van der Waals surface area contributed by atoms with Crippen LogP contribution in [0.2, 0.25) is 0 Å². The van der Waals surface area contributed by atoms with E-state index in [1.807, 2.05) is 12.3 Å². The van der Waals surface area contributed by atoms with Gasteiger partial charge in [0.15, 0.2) is 0 Å². The minimum atomic E-state index is 0.523. The number of pyridine rings is 1. The number of hydrogen-bond donors (Lipinski definition) is 2. The van der Waals surface area contributed by atoms with Crippen molar-refractivity contribution in [2.75, 3.05) is 13.1 Å². The van der Waals surface area contributed by atoms with Gasteiger partial charge in [0.25, 0.3) is 0 Å². The summed E-state index contributed by atoms with van der Waals surface area (Å²) in [6.07, 6.45) is 4.09. The summed E-state index contributed by atoms with van der Waals surface area (Å²) in [4.78, 5) is 4.41. The zero-order valence-corrected chi connectivity index (χ0v) is 8.32. The molecule has 1 aliphatic heterocycles. The molecule has 2 unspecified atom stereocenters. The summed E-state index contributed by atoms with van der Waals surface area (Å²) in [5.41, 5.74) is 6.79. The van der Waals surface area contributed by atoms with Gasteiger partial charge in [0.1, 0.15) is 0 Å². The number of aromatic nitrogens is 1. The second kappa shape index (κ2) is 4.53. The van der Waals surface area contributed by atoms with Crippen LogP contribution in [0.3, 0.4) is 0 Å². The van der Waals surface area contributed by atoms with Gasteiger partial charge in [0, 0.05) is 23.9 Å². The maximum Gasteiger partial charge on any atom is 0.0450 e. The molecule has 0 radical (unpaired) electrons. The van der Waals surface area contributed by atoms with Crippen LogP contribution in [0.15, 0.2) is 24.4 Å². The van der Waals surface area contributed by atoms with E-state index in [0.29, 0.717) is 12.0 Å². The van der Waals surface area contributed by atoms with E-state index in [4.69, 9.17) is 5.73 Å². The Morgan fingerprint density at radius 2 is 2.43 bits per heavy atom. The van der Waals surface area contributed by atoms with E-state index in [9.17, 15) is 0 Å². The summed E-state index contributed by atoms with van der Waals surface area (Å²) in [5, 5.41) is 3.49. The second-order valence-corrected chi connectivity index (χ2v) is 3.79. The van der Waals surface area contributed by atoms with E-state index in [1.165, 1.54) is 12.1 Å². The molecule has 3 N–H and O–H groups in total. The van der Waals surface area contributed by atoms with E-state index >= 15 is 0 Å². The summed E-state index contributed by atoms with van der Waals surface area (Å²) in [7, 11) is 0. The molecule has 0 aromatic carbocycles. The predicted molar refractivity (Wildman–Crippen MR) is 57.1 cm³/mol. The van der Waals surface area contributed by atoms with Crippen LogP contribution in [0.25, 0.3) is 0 Å². The molecule has 14 heavy (non-hydrogen) atoms. The maximum absolute atomic E-state index is 5.59. The van der Waals surface area contributed by atoms with Crippen molar-refractivity contribution in [1.29, 1.82) is 0 Å². The van der Waals surface area contributed by atoms with Crippen molar-refractivity contribution in [3.05, 3.63) is 30.1 Å². The molecule has 1 aromatic rings. The van der Waals surface area contributed by atoms with Crippen LogP contribution in [-0.4, -0.2) is 24.1 Å². The minimum Gasteiger partial charge on any atom is -0.330 e. The molecule has 1 aromatic heterocycles. The third-order valence-corrected chi connectivity index (χ3v) is 2.89. The first-order valence-corrected chi connectivity index (χ1v) is 5.26. The Kier molecular flexibility index (Phi) is 3.11. The molecule has 0 amide bonds. The molecule has 76 valence electrons. The fourth-order valence-electron chi connectivity index (χ4n) is 2.20. The van der Waals surface area contributed by atoms with Crippen molar-refractivity contribution in [1.82, 2.24) is 10.3 Å². The van der Waals surface area contributed by atoms with Crippen LogP contribution in [-0.2, 0) is 0 Å². The Bertz CT molecular complexity index is 273. The van der Waals surface area contributed by atoms with Crippen LogP contribution in [0.4, 0.5) is 0 Å². The molecule has 1 saturated heterocycles. The quantitative estimate of drug-likeness (QED) is 0.745. The van der Waals surface area contributed by atoms with Crippen LogP contribution < -0.4 is 11.1 Å². The van der Waals surface area contributed by atoms with Gasteiger partial charge in [-0.05, 0) is 38.1 Å². The molecule has 2 atom stereocenters. The highest BCUT2D eigenvalue weighted by atomic mass is 15.0. The zero-order valence-electron chi connectivity index (χ0n) is 8.32. The van der Waals surface area contributed by atoms with Gasteiger partial charge < -0.3 is 11.1 Å². The van der Waals surface area contributed by atoms with Gasteiger partial charge in [0.05, 0.1) is 0 Å². The lowest BCUT2D eigenvalue weighted by Gasteiger charge is -2.17. The van der Waals surface area contributed by atoms with Gasteiger partial charge in [-0.2, -0.15) is 0 Å². The summed E-state index contributed by atoms with van der Waals surface area (Å²) < 4.78 is 0. The highest BCUT2D eigenvalue weighted by Gasteiger charge is 2.27. The molecule has 0 spiro atoms. The lowest BCUT2D eigenvalue weighted by Crippen LogP contribution is -2.28. The predicted octanol–water partition coefficient (Wildman–Crippen LogP) is 0.876. The molecule has 1 aliphatic rings. The standard InChI is InChI=1S/C11H17N3/c12-6-4-11-9(5-8-14-11)10-3-1-2-7-13-10/h1-3,7,9,11,14H,4-6,8,12H2. The van der Waals surface area contributed by atoms with E-state index < -0.39 is 0 Å². The zero-order chi connectivity index (χ0) is 9.80. The van der Waals surface area contributed by atoms with E-state index in [2.05, 4.69) is 22.4 Å². The van der Waals surface area contributed by atoms with Crippen molar-refractivity contribution in [2.24, 2.45) is 5.73 Å². The molecule has 0 bridgehead atoms. The summed E-state index contributed by atoms with van der Waals surface area (Å²) >= 11 is 0. The van der Waals surface area contributed by atoms with Gasteiger partial charge >= 0.3 is 0 Å². The molecular formula is C11H17N3. The van der Waals surface area contributed by atoms with Crippen molar-refractivity contribution in [3.63, 3.8) is 0 Å². The Hall–Kier alpha value is -0.930. The lowest BCUT2D eigenvalue weighted by molar-refractivity contribution is 0.508. The highest BCUT2D eigenvalue weighted by Crippen LogP contribution is 2.27. The van der Waals surface area contributed by atoms with Crippen molar-refractivity contribution >= 4 is 0 Å². The molecule has 2 heterocycles. The fourth-order valence-corrected chi connectivity index (χ4v) is 2.20. The summed E-state index contributed by atoms with van der Waals surface area (Å²) in [6, 6.07) is 6.65. The number of rotatable bonds is 3. The molecule has 3 heteroatoms. The van der Waals surface area contributed by atoms with Crippen molar-refractivity contribution in [2.45, 2.75) is 24.8 Å². The van der Waals surface area contributed by atoms with Gasteiger partial charge in [-0.25, -0.2) is 0 Å². The fraction of sp³-hybridized carbons (Fsp3) is 0.545. The average molecular weight is 191 g/mol. The molecular weight excluding hydrogens is 174 g/mol. The Morgan fingerprint density at radius 1 is 1.50 bits per heavy atom. The summed E-state index contributed by atoms with van der Waals surface area (Å²) in [5.74, 6) is 0.555. The Morgan fingerprint density at radius 3 is 3.14 bits per heavy atom. The SMILES string of the molecule is NCCC1NCCC1c1ccccn1. The van der Waals surface area contributed by atoms with Crippen LogP contribution >= 0.6 is 0 Å². The smallest absolute Gasteiger partial charge is 0.0450 e. The van der Waals surface area contributed by atoms with E-state index in [1.54, 1.807) is 0 Å². The number of hydrogen-bond acceptors (Lipinski definition) is 3. The maximum atomic E-state index is 5.59. The van der Waals surface area contributed by atoms with Gasteiger partial charge in [-0.15, -0.1) is 0 Å². The topological polar surface area (TPSA) is 50.9 Å². The molecule has 1 fully saturated rings. The average Bonchev–Trinajstić information content (AvgIpc) is 2.68. The Balaban J connectivity index is 2.10. The Labute approximate surface area is 84.7 Å². The lowest BCUT2D eigenvalue weighted by atomic mass is 9.94. The van der Waals surface area contributed by atoms with Crippen LogP contribution in [0, 0.1) is 0 Å². The largest absolute Gasteiger partial charge is 0.330 e. The van der Waals surface area contributed by atoms with Gasteiger partial charge in [-0.3, -0.25) is 4.98 Å². The van der Waals surface area contributed by atoms with Crippen molar-refractivity contribution < 1.29 is 0 Å².